The number of hydrogen-bond acceptors (Lipinski definition) is 4. The molecule has 0 aliphatic carbocycles. The van der Waals surface area contributed by atoms with Gasteiger partial charge in [-0.2, -0.15) is 0 Å². The van der Waals surface area contributed by atoms with E-state index in [0.29, 0.717) is 0 Å². The van der Waals surface area contributed by atoms with Crippen LogP contribution >= 0.6 is 0 Å². The van der Waals surface area contributed by atoms with Gasteiger partial charge in [-0.25, -0.2) is 14.8 Å². The van der Waals surface area contributed by atoms with Crippen LogP contribution in [0.1, 0.15) is 13.0 Å². The van der Waals surface area contributed by atoms with Crippen molar-refractivity contribution in [3.8, 4) is 0 Å². The number of aromatic amines is 1. The Morgan fingerprint density at radius 2 is 2.33 bits per heavy atom. The maximum absolute atomic E-state index is 11.3. The van der Waals surface area contributed by atoms with Crippen molar-refractivity contribution in [1.82, 2.24) is 19.5 Å². The predicted octanol–water partition coefficient (Wildman–Crippen LogP) is -0.235. The van der Waals surface area contributed by atoms with Crippen LogP contribution in [0.25, 0.3) is 11.2 Å². The van der Waals surface area contributed by atoms with E-state index in [0.717, 1.165) is 0 Å². The molecule has 2 heterocycles. The fraction of sp³-hybridized carbons (Fsp3) is 0.250. The molecule has 0 aliphatic rings. The Hall–Kier alpha value is -2.18. The third-order valence-corrected chi connectivity index (χ3v) is 2.14. The molecule has 15 heavy (non-hydrogen) atoms. The van der Waals surface area contributed by atoms with Crippen molar-refractivity contribution < 1.29 is 9.90 Å². The molecule has 0 radical (unpaired) electrons. The van der Waals surface area contributed by atoms with Crippen molar-refractivity contribution >= 4 is 17.1 Å². The second kappa shape index (κ2) is 3.19. The highest BCUT2D eigenvalue weighted by atomic mass is 16.4. The summed E-state index contributed by atoms with van der Waals surface area (Å²) in [7, 11) is 0. The molecule has 0 aliphatic heterocycles. The number of fused-ring (bicyclic) bond motifs is 1. The number of imidazole rings is 1. The SMILES string of the molecule is CC(C(=O)O)n1cnc2c(=O)[nH]cnc21. The van der Waals surface area contributed by atoms with E-state index >= 15 is 0 Å². The highest BCUT2D eigenvalue weighted by Crippen LogP contribution is 2.11. The average molecular weight is 208 g/mol. The summed E-state index contributed by atoms with van der Waals surface area (Å²) in [5.41, 5.74) is 0.0376. The molecule has 7 heteroatoms. The lowest BCUT2D eigenvalue weighted by molar-refractivity contribution is -0.140. The van der Waals surface area contributed by atoms with Gasteiger partial charge in [-0.1, -0.05) is 0 Å². The molecule has 0 saturated carbocycles. The molecule has 1 atom stereocenters. The molecule has 0 bridgehead atoms. The van der Waals surface area contributed by atoms with Gasteiger partial charge < -0.3 is 14.7 Å². The van der Waals surface area contributed by atoms with Gasteiger partial charge in [-0.15, -0.1) is 0 Å². The molecule has 78 valence electrons. The monoisotopic (exact) mass is 208 g/mol. The smallest absolute Gasteiger partial charge is 0.326 e. The topological polar surface area (TPSA) is 101 Å². The number of nitrogens with one attached hydrogen (secondary N) is 1. The van der Waals surface area contributed by atoms with Crippen LogP contribution in [0.3, 0.4) is 0 Å². The van der Waals surface area contributed by atoms with Crippen LogP contribution in [0.15, 0.2) is 17.4 Å². The van der Waals surface area contributed by atoms with E-state index in [1.165, 1.54) is 24.1 Å². The number of nitrogens with zero attached hydrogens (tertiary/aromatic N) is 3. The molecule has 1 unspecified atom stereocenters. The zero-order chi connectivity index (χ0) is 11.0. The van der Waals surface area contributed by atoms with Crippen LogP contribution in [0.4, 0.5) is 0 Å². The third-order valence-electron chi connectivity index (χ3n) is 2.14. The molecular formula is C8H8N4O3. The second-order valence-electron chi connectivity index (χ2n) is 3.07. The first-order chi connectivity index (χ1) is 7.11. The first-order valence-corrected chi connectivity index (χ1v) is 4.24. The summed E-state index contributed by atoms with van der Waals surface area (Å²) in [6, 6.07) is -0.802. The van der Waals surface area contributed by atoms with E-state index in [1.807, 2.05) is 0 Å². The zero-order valence-corrected chi connectivity index (χ0v) is 7.84. The first kappa shape index (κ1) is 9.38. The summed E-state index contributed by atoms with van der Waals surface area (Å²) < 4.78 is 1.34. The number of hydrogen-bond donors (Lipinski definition) is 2. The largest absolute Gasteiger partial charge is 0.480 e. The van der Waals surface area contributed by atoms with Gasteiger partial charge in [0.2, 0.25) is 0 Å². The molecule has 0 spiro atoms. The van der Waals surface area contributed by atoms with Crippen molar-refractivity contribution in [3.05, 3.63) is 23.0 Å². The number of aromatic nitrogens is 4. The lowest BCUT2D eigenvalue weighted by Crippen LogP contribution is -2.16. The van der Waals surface area contributed by atoms with Gasteiger partial charge in [0.05, 0.1) is 12.7 Å². The lowest BCUT2D eigenvalue weighted by atomic mass is 10.3. The van der Waals surface area contributed by atoms with Crippen LogP contribution in [-0.2, 0) is 4.79 Å². The molecule has 7 nitrogen and oxygen atoms in total. The van der Waals surface area contributed by atoms with Gasteiger partial charge in [0, 0.05) is 0 Å². The van der Waals surface area contributed by atoms with Crippen LogP contribution in [0.5, 0.6) is 0 Å². The van der Waals surface area contributed by atoms with Gasteiger partial charge >= 0.3 is 5.97 Å². The van der Waals surface area contributed by atoms with Crippen molar-refractivity contribution in [3.63, 3.8) is 0 Å². The summed E-state index contributed by atoms with van der Waals surface area (Å²) in [5.74, 6) is -1.00. The Labute approximate surface area is 83.4 Å². The van der Waals surface area contributed by atoms with Crippen LogP contribution < -0.4 is 5.56 Å². The summed E-state index contributed by atoms with van der Waals surface area (Å²) in [4.78, 5) is 32.1. The molecular weight excluding hydrogens is 200 g/mol. The normalized spacial score (nSPS) is 12.9. The Kier molecular flexibility index (Phi) is 2.00. The fourth-order valence-corrected chi connectivity index (χ4v) is 1.27. The summed E-state index contributed by atoms with van der Waals surface area (Å²) in [5, 5.41) is 8.82. The minimum atomic E-state index is -1.00. The maximum atomic E-state index is 11.3. The zero-order valence-electron chi connectivity index (χ0n) is 7.84. The minimum absolute atomic E-state index is 0.144. The van der Waals surface area contributed by atoms with Gasteiger partial charge in [0.15, 0.2) is 11.2 Å². The number of carboxylic acid groups (broad SMARTS) is 1. The van der Waals surface area contributed by atoms with Gasteiger partial charge in [-0.3, -0.25) is 4.79 Å². The Bertz CT molecular complexity index is 571. The second-order valence-corrected chi connectivity index (χ2v) is 3.07. The maximum Gasteiger partial charge on any atom is 0.326 e. The van der Waals surface area contributed by atoms with E-state index in [1.54, 1.807) is 0 Å². The molecule has 2 aromatic rings. The quantitative estimate of drug-likeness (QED) is 0.709. The molecule has 0 fully saturated rings. The predicted molar refractivity (Wildman–Crippen MR) is 50.5 cm³/mol. The molecule has 2 rings (SSSR count). The Morgan fingerprint density at radius 3 is 3.00 bits per heavy atom. The highest BCUT2D eigenvalue weighted by Gasteiger charge is 2.17. The fourth-order valence-electron chi connectivity index (χ4n) is 1.27. The third kappa shape index (κ3) is 1.37. The number of rotatable bonds is 2. The first-order valence-electron chi connectivity index (χ1n) is 4.24. The highest BCUT2D eigenvalue weighted by molar-refractivity contribution is 5.76. The van der Waals surface area contributed by atoms with Crippen LogP contribution in [0, 0.1) is 0 Å². The van der Waals surface area contributed by atoms with E-state index < -0.39 is 12.0 Å². The van der Waals surface area contributed by atoms with Crippen LogP contribution in [-0.4, -0.2) is 30.6 Å². The van der Waals surface area contributed by atoms with E-state index in [-0.39, 0.29) is 16.7 Å². The molecule has 0 saturated heterocycles. The number of H-pyrrole nitrogens is 1. The number of carbonyl (C=O) groups is 1. The van der Waals surface area contributed by atoms with Crippen molar-refractivity contribution in [2.75, 3.05) is 0 Å². The minimum Gasteiger partial charge on any atom is -0.480 e. The molecule has 2 aromatic heterocycles. The standard InChI is InChI=1S/C8H8N4O3/c1-4(8(14)15)12-3-11-5-6(12)9-2-10-7(5)13/h2-4H,1H3,(H,14,15)(H,9,10,13). The van der Waals surface area contributed by atoms with E-state index in [4.69, 9.17) is 5.11 Å². The van der Waals surface area contributed by atoms with Crippen molar-refractivity contribution in [2.24, 2.45) is 0 Å². The Morgan fingerprint density at radius 1 is 1.60 bits per heavy atom. The van der Waals surface area contributed by atoms with Gasteiger partial charge in [0.25, 0.3) is 5.56 Å². The molecule has 0 aromatic carbocycles. The average Bonchev–Trinajstić information content (AvgIpc) is 2.61. The lowest BCUT2D eigenvalue weighted by Gasteiger charge is -2.07. The molecule has 0 amide bonds. The summed E-state index contributed by atoms with van der Waals surface area (Å²) >= 11 is 0. The van der Waals surface area contributed by atoms with Crippen molar-refractivity contribution in [2.45, 2.75) is 13.0 Å². The Balaban J connectivity index is 2.69. The summed E-state index contributed by atoms with van der Waals surface area (Å²) in [6.07, 6.45) is 2.52. The summed E-state index contributed by atoms with van der Waals surface area (Å²) in [6.45, 7) is 1.49. The number of carboxylic acids is 1. The van der Waals surface area contributed by atoms with Crippen LogP contribution in [0.2, 0.25) is 0 Å². The van der Waals surface area contributed by atoms with E-state index in [2.05, 4.69) is 15.0 Å². The van der Waals surface area contributed by atoms with E-state index in [9.17, 15) is 9.59 Å². The molecule has 2 N–H and O–H groups in total. The van der Waals surface area contributed by atoms with Gasteiger partial charge in [0.1, 0.15) is 6.04 Å². The number of aliphatic carboxylic acids is 1. The van der Waals surface area contributed by atoms with Gasteiger partial charge in [-0.05, 0) is 6.92 Å². The van der Waals surface area contributed by atoms with Crippen molar-refractivity contribution in [1.29, 1.82) is 0 Å².